The molecular formula is C18H23N3O3. The fraction of sp³-hybridized carbons (Fsp3) is 0.444. The molecule has 2 aromatic rings. The maximum atomic E-state index is 11.9. The normalized spacial score (nSPS) is 13.2. The molecule has 6 heteroatoms. The van der Waals surface area contributed by atoms with Crippen LogP contribution in [0.1, 0.15) is 24.1 Å². The molecule has 1 aliphatic rings. The molecule has 0 atom stereocenters. The van der Waals surface area contributed by atoms with E-state index in [-0.39, 0.29) is 12.5 Å². The van der Waals surface area contributed by atoms with E-state index in [2.05, 4.69) is 10.4 Å². The third-order valence-corrected chi connectivity index (χ3v) is 4.22. The number of rotatable bonds is 7. The van der Waals surface area contributed by atoms with Crippen LogP contribution in [0.3, 0.4) is 0 Å². The lowest BCUT2D eigenvalue weighted by Gasteiger charge is -2.14. The van der Waals surface area contributed by atoms with Crippen LogP contribution in [-0.2, 0) is 24.2 Å². The van der Waals surface area contributed by atoms with Crippen LogP contribution in [0, 0.1) is 0 Å². The van der Waals surface area contributed by atoms with E-state index in [1.807, 2.05) is 10.9 Å². The molecular weight excluding hydrogens is 306 g/mol. The largest absolute Gasteiger partial charge is 0.497 e. The summed E-state index contributed by atoms with van der Waals surface area (Å²) in [5, 5.41) is 7.30. The summed E-state index contributed by atoms with van der Waals surface area (Å²) in [5.74, 6) is 1.27. The van der Waals surface area contributed by atoms with E-state index < -0.39 is 0 Å². The molecule has 0 spiro atoms. The minimum absolute atomic E-state index is 0.00351. The first kappa shape index (κ1) is 16.4. The van der Waals surface area contributed by atoms with Crippen LogP contribution in [-0.4, -0.2) is 35.9 Å². The lowest BCUT2D eigenvalue weighted by molar-refractivity contribution is -0.123. The average molecular weight is 329 g/mol. The van der Waals surface area contributed by atoms with Gasteiger partial charge in [-0.3, -0.25) is 9.48 Å². The van der Waals surface area contributed by atoms with Gasteiger partial charge in [0.2, 0.25) is 0 Å². The standard InChI is InChI=1S/C18H23N3O3/c1-23-15-6-8-16(9-7-15)24-13-18(22)19-10-11-21-17-5-3-2-4-14(17)12-20-21/h6-9,12H,2-5,10-11,13H2,1H3,(H,19,22). The van der Waals surface area contributed by atoms with Crippen LogP contribution in [0.5, 0.6) is 11.5 Å². The number of carbonyl (C=O) groups is 1. The predicted molar refractivity (Wildman–Crippen MR) is 90.4 cm³/mol. The Morgan fingerprint density at radius 3 is 2.75 bits per heavy atom. The van der Waals surface area contributed by atoms with E-state index in [0.29, 0.717) is 18.8 Å². The number of carbonyl (C=O) groups excluding carboxylic acids is 1. The first-order chi connectivity index (χ1) is 11.8. The summed E-state index contributed by atoms with van der Waals surface area (Å²) in [7, 11) is 1.61. The lowest BCUT2D eigenvalue weighted by atomic mass is 9.98. The Balaban J connectivity index is 1.40. The first-order valence-electron chi connectivity index (χ1n) is 8.33. The van der Waals surface area contributed by atoms with Crippen molar-refractivity contribution < 1.29 is 14.3 Å². The van der Waals surface area contributed by atoms with E-state index in [9.17, 15) is 4.79 Å². The van der Waals surface area contributed by atoms with Gasteiger partial charge in [0.15, 0.2) is 6.61 Å². The molecule has 1 aromatic heterocycles. The highest BCUT2D eigenvalue weighted by Crippen LogP contribution is 2.20. The van der Waals surface area contributed by atoms with Crippen LogP contribution in [0.15, 0.2) is 30.5 Å². The molecule has 1 heterocycles. The van der Waals surface area contributed by atoms with Gasteiger partial charge < -0.3 is 14.8 Å². The van der Waals surface area contributed by atoms with Crippen molar-refractivity contribution >= 4 is 5.91 Å². The fourth-order valence-electron chi connectivity index (χ4n) is 2.92. The fourth-order valence-corrected chi connectivity index (χ4v) is 2.92. The van der Waals surface area contributed by atoms with Gasteiger partial charge in [-0.2, -0.15) is 5.10 Å². The first-order valence-corrected chi connectivity index (χ1v) is 8.33. The van der Waals surface area contributed by atoms with E-state index in [4.69, 9.17) is 9.47 Å². The Morgan fingerprint density at radius 2 is 1.96 bits per heavy atom. The van der Waals surface area contributed by atoms with Crippen molar-refractivity contribution in [2.75, 3.05) is 20.3 Å². The summed E-state index contributed by atoms with van der Waals surface area (Å²) in [6.45, 7) is 1.26. The number of benzene rings is 1. The highest BCUT2D eigenvalue weighted by molar-refractivity contribution is 5.77. The maximum absolute atomic E-state index is 11.9. The van der Waals surface area contributed by atoms with Crippen molar-refractivity contribution in [3.05, 3.63) is 41.7 Å². The predicted octanol–water partition coefficient (Wildman–Crippen LogP) is 1.97. The number of ether oxygens (including phenoxy) is 2. The number of aromatic nitrogens is 2. The maximum Gasteiger partial charge on any atom is 0.258 e. The molecule has 0 bridgehead atoms. The van der Waals surface area contributed by atoms with Gasteiger partial charge in [-0.05, 0) is 55.5 Å². The highest BCUT2D eigenvalue weighted by atomic mass is 16.5. The molecule has 128 valence electrons. The van der Waals surface area contributed by atoms with Crippen LogP contribution in [0.25, 0.3) is 0 Å². The summed E-state index contributed by atoms with van der Waals surface area (Å²) in [4.78, 5) is 11.9. The molecule has 0 saturated heterocycles. The van der Waals surface area contributed by atoms with Crippen LogP contribution in [0.2, 0.25) is 0 Å². The number of nitrogens with one attached hydrogen (secondary N) is 1. The molecule has 0 fully saturated rings. The number of aryl methyl sites for hydroxylation is 1. The van der Waals surface area contributed by atoms with Crippen LogP contribution >= 0.6 is 0 Å². The van der Waals surface area contributed by atoms with E-state index in [1.165, 1.54) is 24.1 Å². The van der Waals surface area contributed by atoms with Gasteiger partial charge in [0.1, 0.15) is 11.5 Å². The third kappa shape index (κ3) is 4.07. The number of nitrogens with zero attached hydrogens (tertiary/aromatic N) is 2. The summed E-state index contributed by atoms with van der Waals surface area (Å²) in [6, 6.07) is 7.16. The second-order valence-corrected chi connectivity index (χ2v) is 5.86. The minimum atomic E-state index is -0.133. The van der Waals surface area contributed by atoms with Gasteiger partial charge in [-0.25, -0.2) is 0 Å². The quantitative estimate of drug-likeness (QED) is 0.843. The molecule has 24 heavy (non-hydrogen) atoms. The summed E-state index contributed by atoms with van der Waals surface area (Å²) in [5.41, 5.74) is 2.68. The highest BCUT2D eigenvalue weighted by Gasteiger charge is 2.14. The lowest BCUT2D eigenvalue weighted by Crippen LogP contribution is -2.32. The second kappa shape index (κ2) is 7.86. The second-order valence-electron chi connectivity index (χ2n) is 5.86. The zero-order valence-electron chi connectivity index (χ0n) is 14.0. The molecule has 0 aliphatic heterocycles. The zero-order chi connectivity index (χ0) is 16.8. The number of hydrogen-bond acceptors (Lipinski definition) is 4. The van der Waals surface area contributed by atoms with Crippen molar-refractivity contribution in [3.8, 4) is 11.5 Å². The molecule has 0 saturated carbocycles. The monoisotopic (exact) mass is 329 g/mol. The Bertz CT molecular complexity index is 679. The molecule has 1 aromatic carbocycles. The Morgan fingerprint density at radius 1 is 1.21 bits per heavy atom. The van der Waals surface area contributed by atoms with Crippen molar-refractivity contribution in [2.24, 2.45) is 0 Å². The van der Waals surface area contributed by atoms with Crippen molar-refractivity contribution in [3.63, 3.8) is 0 Å². The zero-order valence-corrected chi connectivity index (χ0v) is 14.0. The van der Waals surface area contributed by atoms with Gasteiger partial charge in [-0.1, -0.05) is 0 Å². The van der Waals surface area contributed by atoms with E-state index in [1.54, 1.807) is 31.4 Å². The number of hydrogen-bond donors (Lipinski definition) is 1. The number of amides is 1. The SMILES string of the molecule is COc1ccc(OCC(=O)NCCn2ncc3c2CCCC3)cc1. The van der Waals surface area contributed by atoms with Gasteiger partial charge in [0.05, 0.1) is 19.9 Å². The molecule has 1 amide bonds. The number of methoxy groups -OCH3 is 1. The Labute approximate surface area is 141 Å². The van der Waals surface area contributed by atoms with Gasteiger partial charge in [-0.15, -0.1) is 0 Å². The summed E-state index contributed by atoms with van der Waals surface area (Å²) >= 11 is 0. The van der Waals surface area contributed by atoms with Crippen LogP contribution in [0.4, 0.5) is 0 Å². The molecule has 6 nitrogen and oxygen atoms in total. The van der Waals surface area contributed by atoms with E-state index >= 15 is 0 Å². The van der Waals surface area contributed by atoms with Crippen LogP contribution < -0.4 is 14.8 Å². The average Bonchev–Trinajstić information content (AvgIpc) is 3.04. The molecule has 3 rings (SSSR count). The Kier molecular flexibility index (Phi) is 5.36. The van der Waals surface area contributed by atoms with E-state index in [0.717, 1.165) is 18.6 Å². The third-order valence-electron chi connectivity index (χ3n) is 4.22. The van der Waals surface area contributed by atoms with Crippen molar-refractivity contribution in [1.82, 2.24) is 15.1 Å². The smallest absolute Gasteiger partial charge is 0.258 e. The Hall–Kier alpha value is -2.50. The molecule has 1 aliphatic carbocycles. The van der Waals surface area contributed by atoms with Gasteiger partial charge in [0, 0.05) is 12.2 Å². The molecule has 1 N–H and O–H groups in total. The van der Waals surface area contributed by atoms with Crippen molar-refractivity contribution in [1.29, 1.82) is 0 Å². The topological polar surface area (TPSA) is 65.4 Å². The van der Waals surface area contributed by atoms with Gasteiger partial charge in [0.25, 0.3) is 5.91 Å². The minimum Gasteiger partial charge on any atom is -0.497 e. The summed E-state index contributed by atoms with van der Waals surface area (Å²) in [6.07, 6.45) is 6.64. The summed E-state index contributed by atoms with van der Waals surface area (Å²) < 4.78 is 12.5. The molecule has 0 radical (unpaired) electrons. The van der Waals surface area contributed by atoms with Crippen molar-refractivity contribution in [2.45, 2.75) is 32.2 Å². The van der Waals surface area contributed by atoms with Gasteiger partial charge >= 0.3 is 0 Å². The molecule has 0 unspecified atom stereocenters. The number of fused-ring (bicyclic) bond motifs is 1.